The Balaban J connectivity index is 2.63. The summed E-state index contributed by atoms with van der Waals surface area (Å²) >= 11 is 0. The maximum Gasteiger partial charge on any atom is 0.0762 e. The first-order valence-electron chi connectivity index (χ1n) is 4.55. The van der Waals surface area contributed by atoms with Crippen LogP contribution in [-0.2, 0) is 0 Å². The fraction of sp³-hybridized carbons (Fsp3) is 1.00. The summed E-state index contributed by atoms with van der Waals surface area (Å²) in [5, 5.41) is 18.8. The number of aliphatic hydroxyl groups excluding tert-OH is 1. The molecule has 1 aliphatic rings. The largest absolute Gasteiger partial charge is 0.395 e. The molecular formula is C9H19NO2. The second kappa shape index (κ2) is 3.32. The average molecular weight is 173 g/mol. The summed E-state index contributed by atoms with van der Waals surface area (Å²) in [6.45, 7) is 6.83. The second-order valence-electron chi connectivity index (χ2n) is 4.30. The van der Waals surface area contributed by atoms with Gasteiger partial charge in [0, 0.05) is 18.6 Å². The number of aliphatic hydroxyl groups is 2. The van der Waals surface area contributed by atoms with E-state index in [1.54, 1.807) is 0 Å². The second-order valence-corrected chi connectivity index (χ2v) is 4.30. The van der Waals surface area contributed by atoms with Crippen LogP contribution in [0.1, 0.15) is 27.2 Å². The molecule has 0 saturated carbocycles. The summed E-state index contributed by atoms with van der Waals surface area (Å²) in [5.41, 5.74) is -0.613. The van der Waals surface area contributed by atoms with Crippen molar-refractivity contribution >= 4 is 0 Å². The monoisotopic (exact) mass is 173 g/mol. The van der Waals surface area contributed by atoms with Crippen LogP contribution in [0.4, 0.5) is 0 Å². The lowest BCUT2D eigenvalue weighted by Gasteiger charge is -2.26. The standard InChI is InChI=1S/C9H19NO2/c1-7(2)10-6-9(3,12)4-8(10)5-11/h7-8,11-12H,4-6H2,1-3H3. The molecule has 1 heterocycles. The van der Waals surface area contributed by atoms with Crippen LogP contribution in [0.25, 0.3) is 0 Å². The lowest BCUT2D eigenvalue weighted by Crippen LogP contribution is -2.38. The van der Waals surface area contributed by atoms with Gasteiger partial charge in [-0.3, -0.25) is 4.90 Å². The zero-order chi connectivity index (χ0) is 9.35. The highest BCUT2D eigenvalue weighted by molar-refractivity contribution is 4.94. The molecule has 1 aliphatic heterocycles. The van der Waals surface area contributed by atoms with Crippen LogP contribution in [0.2, 0.25) is 0 Å². The Morgan fingerprint density at radius 1 is 1.58 bits per heavy atom. The fourth-order valence-corrected chi connectivity index (χ4v) is 1.99. The van der Waals surface area contributed by atoms with E-state index in [2.05, 4.69) is 18.7 Å². The van der Waals surface area contributed by atoms with Crippen molar-refractivity contribution < 1.29 is 10.2 Å². The van der Waals surface area contributed by atoms with Gasteiger partial charge < -0.3 is 10.2 Å². The molecule has 1 fully saturated rings. The molecule has 3 heteroatoms. The van der Waals surface area contributed by atoms with Gasteiger partial charge >= 0.3 is 0 Å². The van der Waals surface area contributed by atoms with Crippen molar-refractivity contribution in [1.82, 2.24) is 4.90 Å². The van der Waals surface area contributed by atoms with Gasteiger partial charge in [0.2, 0.25) is 0 Å². The maximum atomic E-state index is 9.76. The first kappa shape index (κ1) is 9.96. The summed E-state index contributed by atoms with van der Waals surface area (Å²) in [6.07, 6.45) is 0.682. The minimum atomic E-state index is -0.613. The van der Waals surface area contributed by atoms with Crippen LogP contribution in [0.5, 0.6) is 0 Å². The minimum Gasteiger partial charge on any atom is -0.395 e. The van der Waals surface area contributed by atoms with Crippen LogP contribution in [-0.4, -0.2) is 45.9 Å². The third kappa shape index (κ3) is 1.97. The molecule has 0 aliphatic carbocycles. The Morgan fingerprint density at radius 3 is 2.50 bits per heavy atom. The Labute approximate surface area is 74.0 Å². The molecule has 0 amide bonds. The minimum absolute atomic E-state index is 0.139. The first-order chi connectivity index (χ1) is 5.46. The van der Waals surface area contributed by atoms with Crippen molar-refractivity contribution in [2.45, 2.75) is 44.9 Å². The Morgan fingerprint density at radius 2 is 2.17 bits per heavy atom. The SMILES string of the molecule is CC(C)N1CC(C)(O)CC1CO. The van der Waals surface area contributed by atoms with Crippen molar-refractivity contribution in [1.29, 1.82) is 0 Å². The molecule has 2 atom stereocenters. The van der Waals surface area contributed by atoms with Crippen molar-refractivity contribution in [2.24, 2.45) is 0 Å². The van der Waals surface area contributed by atoms with Gasteiger partial charge in [-0.05, 0) is 27.2 Å². The van der Waals surface area contributed by atoms with Crippen LogP contribution in [0, 0.1) is 0 Å². The van der Waals surface area contributed by atoms with E-state index >= 15 is 0 Å². The molecule has 3 nitrogen and oxygen atoms in total. The zero-order valence-electron chi connectivity index (χ0n) is 8.12. The predicted molar refractivity (Wildman–Crippen MR) is 48.0 cm³/mol. The number of likely N-dealkylation sites (tertiary alicyclic amines) is 1. The van der Waals surface area contributed by atoms with Gasteiger partial charge in [0.25, 0.3) is 0 Å². The van der Waals surface area contributed by atoms with Gasteiger partial charge in [0.1, 0.15) is 0 Å². The molecule has 0 radical (unpaired) electrons. The first-order valence-corrected chi connectivity index (χ1v) is 4.55. The Bertz CT molecular complexity index is 157. The lowest BCUT2D eigenvalue weighted by molar-refractivity contribution is 0.0644. The van der Waals surface area contributed by atoms with E-state index in [0.717, 1.165) is 0 Å². The van der Waals surface area contributed by atoms with Crippen LogP contribution in [0.15, 0.2) is 0 Å². The molecule has 0 aromatic rings. The smallest absolute Gasteiger partial charge is 0.0762 e. The fourth-order valence-electron chi connectivity index (χ4n) is 1.99. The molecule has 2 unspecified atom stereocenters. The van der Waals surface area contributed by atoms with E-state index in [1.807, 2.05) is 6.92 Å². The van der Waals surface area contributed by atoms with Gasteiger partial charge in [0.05, 0.1) is 12.2 Å². The van der Waals surface area contributed by atoms with E-state index in [9.17, 15) is 5.11 Å². The molecule has 0 bridgehead atoms. The molecule has 0 aromatic carbocycles. The van der Waals surface area contributed by atoms with E-state index < -0.39 is 5.60 Å². The number of rotatable bonds is 2. The van der Waals surface area contributed by atoms with Crippen molar-refractivity contribution in [3.8, 4) is 0 Å². The number of hydrogen-bond acceptors (Lipinski definition) is 3. The number of nitrogens with zero attached hydrogens (tertiary/aromatic N) is 1. The molecule has 72 valence electrons. The lowest BCUT2D eigenvalue weighted by atomic mass is 10.0. The molecule has 0 aromatic heterocycles. The van der Waals surface area contributed by atoms with Crippen molar-refractivity contribution in [2.75, 3.05) is 13.2 Å². The van der Waals surface area contributed by atoms with E-state index in [4.69, 9.17) is 5.11 Å². The van der Waals surface area contributed by atoms with Gasteiger partial charge in [0.15, 0.2) is 0 Å². The average Bonchev–Trinajstić information content (AvgIpc) is 2.25. The molecular weight excluding hydrogens is 154 g/mol. The topological polar surface area (TPSA) is 43.7 Å². The highest BCUT2D eigenvalue weighted by Crippen LogP contribution is 2.27. The third-order valence-electron chi connectivity index (χ3n) is 2.54. The quantitative estimate of drug-likeness (QED) is 0.627. The van der Waals surface area contributed by atoms with Gasteiger partial charge in [-0.25, -0.2) is 0 Å². The predicted octanol–water partition coefficient (Wildman–Crippen LogP) is 0.212. The van der Waals surface area contributed by atoms with E-state index in [0.29, 0.717) is 19.0 Å². The summed E-state index contributed by atoms with van der Waals surface area (Å²) in [6, 6.07) is 0.538. The summed E-state index contributed by atoms with van der Waals surface area (Å²) in [7, 11) is 0. The van der Waals surface area contributed by atoms with Gasteiger partial charge in [-0.2, -0.15) is 0 Å². The van der Waals surface area contributed by atoms with E-state index in [-0.39, 0.29) is 12.6 Å². The zero-order valence-corrected chi connectivity index (χ0v) is 8.12. The third-order valence-corrected chi connectivity index (χ3v) is 2.54. The summed E-state index contributed by atoms with van der Waals surface area (Å²) in [4.78, 5) is 2.15. The Hall–Kier alpha value is -0.120. The van der Waals surface area contributed by atoms with Crippen LogP contribution >= 0.6 is 0 Å². The van der Waals surface area contributed by atoms with E-state index in [1.165, 1.54) is 0 Å². The summed E-state index contributed by atoms with van der Waals surface area (Å²) in [5.74, 6) is 0. The Kier molecular flexibility index (Phi) is 2.76. The van der Waals surface area contributed by atoms with Gasteiger partial charge in [-0.15, -0.1) is 0 Å². The highest BCUT2D eigenvalue weighted by atomic mass is 16.3. The van der Waals surface area contributed by atoms with Crippen molar-refractivity contribution in [3.63, 3.8) is 0 Å². The van der Waals surface area contributed by atoms with Crippen LogP contribution in [0.3, 0.4) is 0 Å². The van der Waals surface area contributed by atoms with Gasteiger partial charge in [-0.1, -0.05) is 0 Å². The van der Waals surface area contributed by atoms with Crippen LogP contribution < -0.4 is 0 Å². The molecule has 12 heavy (non-hydrogen) atoms. The summed E-state index contributed by atoms with van der Waals surface area (Å²) < 4.78 is 0. The number of β-amino-alcohol motifs (C(OH)–C–C–N with tert-alkyl or cyclic N) is 1. The normalized spacial score (nSPS) is 38.0. The molecule has 1 rings (SSSR count). The van der Waals surface area contributed by atoms with Crippen molar-refractivity contribution in [3.05, 3.63) is 0 Å². The maximum absolute atomic E-state index is 9.76. The molecule has 0 spiro atoms. The molecule has 1 saturated heterocycles. The molecule has 2 N–H and O–H groups in total. The highest BCUT2D eigenvalue weighted by Gasteiger charge is 2.39. The number of hydrogen-bond donors (Lipinski definition) is 2.